The summed E-state index contributed by atoms with van der Waals surface area (Å²) in [4.78, 5) is 33.6. The van der Waals surface area contributed by atoms with E-state index >= 15 is 0 Å². The third kappa shape index (κ3) is 7.48. The monoisotopic (exact) mass is 216 g/mol. The summed E-state index contributed by atoms with van der Waals surface area (Å²) in [7, 11) is 3.15. The van der Waals surface area contributed by atoms with Gasteiger partial charge in [0.15, 0.2) is 5.78 Å². The van der Waals surface area contributed by atoms with Crippen LogP contribution in [-0.4, -0.2) is 48.4 Å². The highest BCUT2D eigenvalue weighted by atomic mass is 16.4. The van der Waals surface area contributed by atoms with Gasteiger partial charge in [-0.25, -0.2) is 4.79 Å². The minimum Gasteiger partial charge on any atom is -0.481 e. The average molecular weight is 216 g/mol. The molecule has 0 aromatic rings. The van der Waals surface area contributed by atoms with Gasteiger partial charge in [0.1, 0.15) is 0 Å². The number of urea groups is 1. The van der Waals surface area contributed by atoms with Gasteiger partial charge < -0.3 is 15.3 Å². The van der Waals surface area contributed by atoms with Crippen molar-refractivity contribution in [2.75, 3.05) is 20.6 Å². The van der Waals surface area contributed by atoms with Crippen LogP contribution in [0.2, 0.25) is 0 Å². The summed E-state index contributed by atoms with van der Waals surface area (Å²) in [5.41, 5.74) is 0. The highest BCUT2D eigenvalue weighted by molar-refractivity contribution is 5.85. The Hall–Kier alpha value is -1.59. The lowest BCUT2D eigenvalue weighted by Crippen LogP contribution is -2.37. The van der Waals surface area contributed by atoms with Crippen LogP contribution >= 0.6 is 0 Å². The van der Waals surface area contributed by atoms with Crippen LogP contribution in [0.3, 0.4) is 0 Å². The van der Waals surface area contributed by atoms with Crippen molar-refractivity contribution in [2.45, 2.75) is 19.3 Å². The normalized spacial score (nSPS) is 9.47. The van der Waals surface area contributed by atoms with Crippen molar-refractivity contribution in [2.24, 2.45) is 0 Å². The van der Waals surface area contributed by atoms with Crippen LogP contribution in [0, 0.1) is 0 Å². The third-order valence-corrected chi connectivity index (χ3v) is 1.69. The predicted molar refractivity (Wildman–Crippen MR) is 53.6 cm³/mol. The number of nitrogens with zero attached hydrogens (tertiary/aromatic N) is 1. The van der Waals surface area contributed by atoms with E-state index in [2.05, 4.69) is 5.32 Å². The maximum atomic E-state index is 11.1. The molecule has 0 saturated carbocycles. The van der Waals surface area contributed by atoms with Crippen LogP contribution < -0.4 is 5.32 Å². The molecule has 0 aliphatic carbocycles. The van der Waals surface area contributed by atoms with Gasteiger partial charge in [0, 0.05) is 26.9 Å². The molecule has 0 aliphatic heterocycles. The number of carbonyl (C=O) groups is 3. The Morgan fingerprint density at radius 1 is 1.20 bits per heavy atom. The average Bonchev–Trinajstić information content (AvgIpc) is 2.13. The van der Waals surface area contributed by atoms with E-state index in [-0.39, 0.29) is 31.2 Å². The Morgan fingerprint density at radius 2 is 1.80 bits per heavy atom. The summed E-state index contributed by atoms with van der Waals surface area (Å²) >= 11 is 0. The minimum absolute atomic E-state index is 0.0205. The van der Waals surface area contributed by atoms with Crippen LogP contribution in [0.5, 0.6) is 0 Å². The van der Waals surface area contributed by atoms with Gasteiger partial charge in [0.25, 0.3) is 0 Å². The van der Waals surface area contributed by atoms with Crippen LogP contribution in [-0.2, 0) is 9.59 Å². The first-order valence-electron chi connectivity index (χ1n) is 4.62. The number of Topliss-reactive ketones (excluding diaryl/α,β-unsaturated/α-hetero) is 1. The van der Waals surface area contributed by atoms with Crippen LogP contribution in [0.4, 0.5) is 4.79 Å². The molecule has 6 nitrogen and oxygen atoms in total. The zero-order chi connectivity index (χ0) is 11.8. The van der Waals surface area contributed by atoms with Crippen molar-refractivity contribution in [1.29, 1.82) is 0 Å². The molecule has 6 heteroatoms. The molecule has 0 rings (SSSR count). The zero-order valence-electron chi connectivity index (χ0n) is 8.95. The Labute approximate surface area is 88.2 Å². The number of amides is 2. The van der Waals surface area contributed by atoms with Crippen molar-refractivity contribution in [3.05, 3.63) is 0 Å². The molecule has 0 aromatic carbocycles. The highest BCUT2D eigenvalue weighted by Crippen LogP contribution is 1.95. The predicted octanol–water partition coefficient (Wildman–Crippen LogP) is 0.0816. The summed E-state index contributed by atoms with van der Waals surface area (Å²) in [6, 6.07) is -0.332. The number of aliphatic carboxylic acids is 1. The molecule has 2 amide bonds. The second-order valence-corrected chi connectivity index (χ2v) is 3.34. The van der Waals surface area contributed by atoms with Gasteiger partial charge >= 0.3 is 12.0 Å². The summed E-state index contributed by atoms with van der Waals surface area (Å²) in [5.74, 6) is -1.08. The van der Waals surface area contributed by atoms with Gasteiger partial charge in [-0.15, -0.1) is 0 Å². The van der Waals surface area contributed by atoms with Crippen LogP contribution in [0.1, 0.15) is 19.3 Å². The lowest BCUT2D eigenvalue weighted by molar-refractivity contribution is -0.137. The molecule has 2 N–H and O–H groups in total. The summed E-state index contributed by atoms with van der Waals surface area (Å²) < 4.78 is 0. The standard InChI is InChI=1S/C9H16N2O4/c1-11(2)9(15)10-6-7(12)4-3-5-8(13)14/h3-6H2,1-2H3,(H,10,15)(H,13,14). The van der Waals surface area contributed by atoms with Crippen molar-refractivity contribution in [3.8, 4) is 0 Å². The lowest BCUT2D eigenvalue weighted by atomic mass is 10.2. The van der Waals surface area contributed by atoms with E-state index in [1.807, 2.05) is 0 Å². The van der Waals surface area contributed by atoms with E-state index in [0.717, 1.165) is 0 Å². The van der Waals surface area contributed by atoms with E-state index in [4.69, 9.17) is 5.11 Å². The van der Waals surface area contributed by atoms with E-state index in [1.54, 1.807) is 14.1 Å². The number of hydrogen-bond donors (Lipinski definition) is 2. The molecule has 15 heavy (non-hydrogen) atoms. The molecule has 0 atom stereocenters. The number of rotatable bonds is 6. The smallest absolute Gasteiger partial charge is 0.317 e. The molecule has 86 valence electrons. The third-order valence-electron chi connectivity index (χ3n) is 1.69. The molecule has 0 unspecified atom stereocenters. The molecule has 0 radical (unpaired) electrons. The fourth-order valence-corrected chi connectivity index (χ4v) is 0.857. The maximum Gasteiger partial charge on any atom is 0.317 e. The second kappa shape index (κ2) is 6.80. The van der Waals surface area contributed by atoms with Crippen molar-refractivity contribution < 1.29 is 19.5 Å². The minimum atomic E-state index is -0.917. The van der Waals surface area contributed by atoms with Gasteiger partial charge in [-0.2, -0.15) is 0 Å². The molecular formula is C9H16N2O4. The summed E-state index contributed by atoms with van der Waals surface area (Å²) in [6.07, 6.45) is 0.472. The first-order valence-corrected chi connectivity index (χ1v) is 4.62. The van der Waals surface area contributed by atoms with E-state index in [1.165, 1.54) is 4.90 Å². The second-order valence-electron chi connectivity index (χ2n) is 3.34. The molecule has 0 heterocycles. The van der Waals surface area contributed by atoms with Crippen molar-refractivity contribution >= 4 is 17.8 Å². The SMILES string of the molecule is CN(C)C(=O)NCC(=O)CCCC(=O)O. The number of hydrogen-bond acceptors (Lipinski definition) is 3. The van der Waals surface area contributed by atoms with Gasteiger partial charge in [-0.1, -0.05) is 0 Å². The van der Waals surface area contributed by atoms with Gasteiger partial charge in [-0.05, 0) is 6.42 Å². The molecule has 0 bridgehead atoms. The Balaban J connectivity index is 3.58. The number of carbonyl (C=O) groups excluding carboxylic acids is 2. The largest absolute Gasteiger partial charge is 0.481 e. The maximum absolute atomic E-state index is 11.1. The van der Waals surface area contributed by atoms with Gasteiger partial charge in [0.2, 0.25) is 0 Å². The molecule has 0 saturated heterocycles. The number of nitrogens with one attached hydrogen (secondary N) is 1. The molecular weight excluding hydrogens is 200 g/mol. The van der Waals surface area contributed by atoms with Gasteiger partial charge in [0.05, 0.1) is 6.54 Å². The molecule has 0 aliphatic rings. The first kappa shape index (κ1) is 13.4. The van der Waals surface area contributed by atoms with E-state index in [0.29, 0.717) is 6.42 Å². The first-order chi connectivity index (χ1) is 6.93. The molecule has 0 spiro atoms. The molecule has 0 aromatic heterocycles. The highest BCUT2D eigenvalue weighted by Gasteiger charge is 2.07. The van der Waals surface area contributed by atoms with Crippen LogP contribution in [0.15, 0.2) is 0 Å². The molecule has 0 fully saturated rings. The fourth-order valence-electron chi connectivity index (χ4n) is 0.857. The Morgan fingerprint density at radius 3 is 2.27 bits per heavy atom. The number of carboxylic acid groups (broad SMARTS) is 1. The fraction of sp³-hybridized carbons (Fsp3) is 0.667. The lowest BCUT2D eigenvalue weighted by Gasteiger charge is -2.10. The van der Waals surface area contributed by atoms with Crippen LogP contribution in [0.25, 0.3) is 0 Å². The number of ketones is 1. The zero-order valence-corrected chi connectivity index (χ0v) is 8.95. The Kier molecular flexibility index (Phi) is 6.08. The van der Waals surface area contributed by atoms with E-state index < -0.39 is 5.97 Å². The number of carboxylic acids is 1. The summed E-state index contributed by atoms with van der Waals surface area (Å²) in [5, 5.41) is 10.7. The topological polar surface area (TPSA) is 86.7 Å². The quantitative estimate of drug-likeness (QED) is 0.658. The van der Waals surface area contributed by atoms with E-state index in [9.17, 15) is 14.4 Å². The van der Waals surface area contributed by atoms with Crippen molar-refractivity contribution in [1.82, 2.24) is 10.2 Å². The van der Waals surface area contributed by atoms with Gasteiger partial charge in [-0.3, -0.25) is 9.59 Å². The van der Waals surface area contributed by atoms with Crippen molar-refractivity contribution in [3.63, 3.8) is 0 Å². The summed E-state index contributed by atoms with van der Waals surface area (Å²) in [6.45, 7) is -0.0450. The Bertz CT molecular complexity index is 250.